The van der Waals surface area contributed by atoms with Gasteiger partial charge in [0.1, 0.15) is 6.07 Å². The van der Waals surface area contributed by atoms with Crippen LogP contribution in [-0.4, -0.2) is 22.6 Å². The number of nitriles is 1. The number of sulfonamides is 1. The summed E-state index contributed by atoms with van der Waals surface area (Å²) in [6, 6.07) is 10.4. The number of benzene rings is 2. The number of nitrogens with zero attached hydrogens (tertiary/aromatic N) is 1. The SMILES string of the molecule is COc1ccc(S(=O)(=O)Nc2ccc(Cl)cc2C#N)cc1OC. The zero-order valence-electron chi connectivity index (χ0n) is 12.3. The molecular weight excluding hydrogens is 340 g/mol. The molecule has 8 heteroatoms. The van der Waals surface area contributed by atoms with Crippen LogP contribution in [0.1, 0.15) is 5.56 Å². The molecule has 0 saturated heterocycles. The Morgan fingerprint density at radius 2 is 1.78 bits per heavy atom. The maximum absolute atomic E-state index is 12.5. The van der Waals surface area contributed by atoms with Gasteiger partial charge in [0, 0.05) is 11.1 Å². The first-order valence-electron chi connectivity index (χ1n) is 6.35. The largest absolute Gasteiger partial charge is 0.493 e. The van der Waals surface area contributed by atoms with Gasteiger partial charge in [0.2, 0.25) is 0 Å². The molecule has 0 aliphatic heterocycles. The number of rotatable bonds is 5. The molecular formula is C15H13ClN2O4S. The molecule has 0 amide bonds. The van der Waals surface area contributed by atoms with Gasteiger partial charge in [0.25, 0.3) is 10.0 Å². The Balaban J connectivity index is 2.42. The second kappa shape index (κ2) is 6.77. The van der Waals surface area contributed by atoms with Crippen molar-refractivity contribution in [3.63, 3.8) is 0 Å². The highest BCUT2D eigenvalue weighted by atomic mass is 35.5. The van der Waals surface area contributed by atoms with E-state index in [1.165, 1.54) is 50.6 Å². The van der Waals surface area contributed by atoms with E-state index in [0.29, 0.717) is 10.8 Å². The van der Waals surface area contributed by atoms with Crippen molar-refractivity contribution in [2.45, 2.75) is 4.90 Å². The van der Waals surface area contributed by atoms with Crippen LogP contribution in [0.4, 0.5) is 5.69 Å². The predicted molar refractivity (Wildman–Crippen MR) is 86.5 cm³/mol. The van der Waals surface area contributed by atoms with E-state index >= 15 is 0 Å². The Kier molecular flexibility index (Phi) is 4.98. The lowest BCUT2D eigenvalue weighted by atomic mass is 10.2. The summed E-state index contributed by atoms with van der Waals surface area (Å²) in [6.45, 7) is 0. The molecule has 0 aliphatic rings. The fourth-order valence-electron chi connectivity index (χ4n) is 1.89. The predicted octanol–water partition coefficient (Wildman–Crippen LogP) is 3.03. The molecule has 23 heavy (non-hydrogen) atoms. The Morgan fingerprint density at radius 3 is 2.39 bits per heavy atom. The average molecular weight is 353 g/mol. The first-order chi connectivity index (χ1) is 10.9. The van der Waals surface area contributed by atoms with Crippen LogP contribution in [0.3, 0.4) is 0 Å². The monoisotopic (exact) mass is 352 g/mol. The molecule has 2 rings (SSSR count). The molecule has 0 heterocycles. The number of halogens is 1. The Labute approximate surface area is 139 Å². The quantitative estimate of drug-likeness (QED) is 0.893. The van der Waals surface area contributed by atoms with Crippen molar-refractivity contribution >= 4 is 27.3 Å². The van der Waals surface area contributed by atoms with E-state index in [1.807, 2.05) is 6.07 Å². The molecule has 0 saturated carbocycles. The van der Waals surface area contributed by atoms with Gasteiger partial charge < -0.3 is 9.47 Å². The molecule has 0 atom stereocenters. The number of ether oxygens (including phenoxy) is 2. The van der Waals surface area contributed by atoms with Crippen molar-refractivity contribution < 1.29 is 17.9 Å². The minimum absolute atomic E-state index is 0.0195. The lowest BCUT2D eigenvalue weighted by molar-refractivity contribution is 0.354. The van der Waals surface area contributed by atoms with Crippen molar-refractivity contribution in [3.8, 4) is 17.6 Å². The van der Waals surface area contributed by atoms with E-state index in [9.17, 15) is 8.42 Å². The summed E-state index contributed by atoms with van der Waals surface area (Å²) >= 11 is 5.80. The van der Waals surface area contributed by atoms with E-state index < -0.39 is 10.0 Å². The van der Waals surface area contributed by atoms with Crippen LogP contribution in [0.2, 0.25) is 5.02 Å². The summed E-state index contributed by atoms with van der Waals surface area (Å²) in [4.78, 5) is -0.0195. The molecule has 0 radical (unpaired) electrons. The van der Waals surface area contributed by atoms with Crippen LogP contribution in [0.15, 0.2) is 41.3 Å². The molecule has 0 aromatic heterocycles. The highest BCUT2D eigenvalue weighted by Crippen LogP contribution is 2.30. The fraction of sp³-hybridized carbons (Fsp3) is 0.133. The number of anilines is 1. The maximum atomic E-state index is 12.5. The zero-order chi connectivity index (χ0) is 17.0. The lowest BCUT2D eigenvalue weighted by Gasteiger charge is -2.12. The molecule has 0 aliphatic carbocycles. The van der Waals surface area contributed by atoms with E-state index in [4.69, 9.17) is 26.3 Å². The highest BCUT2D eigenvalue weighted by Gasteiger charge is 2.18. The van der Waals surface area contributed by atoms with Crippen LogP contribution in [-0.2, 0) is 10.0 Å². The molecule has 2 aromatic carbocycles. The van der Waals surface area contributed by atoms with Gasteiger partial charge in [-0.15, -0.1) is 0 Å². The van der Waals surface area contributed by atoms with Crippen LogP contribution in [0.25, 0.3) is 0 Å². The fourth-order valence-corrected chi connectivity index (χ4v) is 3.15. The molecule has 0 fully saturated rings. The molecule has 2 aromatic rings. The number of methoxy groups -OCH3 is 2. The Bertz CT molecular complexity index is 876. The van der Waals surface area contributed by atoms with Gasteiger partial charge in [-0.25, -0.2) is 8.42 Å². The Hall–Kier alpha value is -2.43. The average Bonchev–Trinajstić information content (AvgIpc) is 2.55. The van der Waals surface area contributed by atoms with Gasteiger partial charge in [0.05, 0.1) is 30.4 Å². The standard InChI is InChI=1S/C15H13ClN2O4S/c1-21-14-6-4-12(8-15(14)22-2)23(19,20)18-13-5-3-11(16)7-10(13)9-17/h3-8,18H,1-2H3. The van der Waals surface area contributed by atoms with E-state index in [1.54, 1.807) is 0 Å². The van der Waals surface area contributed by atoms with Gasteiger partial charge >= 0.3 is 0 Å². The third-order valence-corrected chi connectivity index (χ3v) is 4.61. The van der Waals surface area contributed by atoms with Crippen molar-refractivity contribution in [2.24, 2.45) is 0 Å². The molecule has 0 spiro atoms. The van der Waals surface area contributed by atoms with Gasteiger partial charge in [-0.05, 0) is 30.3 Å². The number of hydrogen-bond donors (Lipinski definition) is 1. The third-order valence-electron chi connectivity index (χ3n) is 3.01. The lowest BCUT2D eigenvalue weighted by Crippen LogP contribution is -2.14. The second-order valence-electron chi connectivity index (χ2n) is 4.42. The Morgan fingerprint density at radius 1 is 1.09 bits per heavy atom. The first kappa shape index (κ1) is 16.9. The van der Waals surface area contributed by atoms with Crippen LogP contribution >= 0.6 is 11.6 Å². The zero-order valence-corrected chi connectivity index (χ0v) is 13.9. The maximum Gasteiger partial charge on any atom is 0.262 e. The molecule has 1 N–H and O–H groups in total. The van der Waals surface area contributed by atoms with Crippen LogP contribution in [0.5, 0.6) is 11.5 Å². The van der Waals surface area contributed by atoms with Crippen molar-refractivity contribution in [3.05, 3.63) is 47.0 Å². The van der Waals surface area contributed by atoms with Crippen molar-refractivity contribution in [1.29, 1.82) is 5.26 Å². The van der Waals surface area contributed by atoms with Crippen molar-refractivity contribution in [2.75, 3.05) is 18.9 Å². The van der Waals surface area contributed by atoms with Crippen molar-refractivity contribution in [1.82, 2.24) is 0 Å². The third kappa shape index (κ3) is 3.67. The van der Waals surface area contributed by atoms with Gasteiger partial charge in [-0.3, -0.25) is 4.72 Å². The normalized spacial score (nSPS) is 10.7. The van der Waals surface area contributed by atoms with Gasteiger partial charge in [-0.1, -0.05) is 11.6 Å². The summed E-state index contributed by atoms with van der Waals surface area (Å²) in [5, 5.41) is 9.42. The summed E-state index contributed by atoms with van der Waals surface area (Å²) in [5.41, 5.74) is 0.272. The van der Waals surface area contributed by atoms with E-state index in [-0.39, 0.29) is 21.9 Å². The number of nitrogens with one attached hydrogen (secondary N) is 1. The molecule has 6 nitrogen and oxygen atoms in total. The molecule has 0 unspecified atom stereocenters. The van der Waals surface area contributed by atoms with E-state index in [0.717, 1.165) is 0 Å². The molecule has 0 bridgehead atoms. The van der Waals surface area contributed by atoms with Crippen LogP contribution < -0.4 is 14.2 Å². The van der Waals surface area contributed by atoms with Crippen LogP contribution in [0, 0.1) is 11.3 Å². The highest BCUT2D eigenvalue weighted by molar-refractivity contribution is 7.92. The second-order valence-corrected chi connectivity index (χ2v) is 6.54. The summed E-state index contributed by atoms with van der Waals surface area (Å²) in [5.74, 6) is 0.697. The smallest absolute Gasteiger partial charge is 0.262 e. The van der Waals surface area contributed by atoms with E-state index in [2.05, 4.69) is 4.72 Å². The minimum Gasteiger partial charge on any atom is -0.493 e. The van der Waals surface area contributed by atoms with Gasteiger partial charge in [-0.2, -0.15) is 5.26 Å². The topological polar surface area (TPSA) is 88.4 Å². The summed E-state index contributed by atoms with van der Waals surface area (Å²) in [7, 11) is -1.03. The summed E-state index contributed by atoms with van der Waals surface area (Å²) < 4.78 is 37.5. The summed E-state index contributed by atoms with van der Waals surface area (Å²) in [6.07, 6.45) is 0. The number of hydrogen-bond acceptors (Lipinski definition) is 5. The molecule has 120 valence electrons. The first-order valence-corrected chi connectivity index (χ1v) is 8.22. The van der Waals surface area contributed by atoms with Gasteiger partial charge in [0.15, 0.2) is 11.5 Å². The minimum atomic E-state index is -3.90.